The molecule has 0 aromatic heterocycles. The lowest BCUT2D eigenvalue weighted by molar-refractivity contribution is -0.135. The normalized spacial score (nSPS) is 15.2. The number of nitrogens with zero attached hydrogens (tertiary/aromatic N) is 1. The van der Waals surface area contributed by atoms with Crippen molar-refractivity contribution in [2.75, 3.05) is 26.7 Å². The fraction of sp³-hybridized carbons (Fsp3) is 0.467. The van der Waals surface area contributed by atoms with E-state index in [2.05, 4.69) is 4.72 Å². The first kappa shape index (κ1) is 18.7. The number of rotatable bonds is 5. The van der Waals surface area contributed by atoms with Gasteiger partial charge in [0.15, 0.2) is 6.61 Å². The number of sulfonamides is 1. The minimum absolute atomic E-state index is 0.0560. The van der Waals surface area contributed by atoms with E-state index < -0.39 is 22.6 Å². The smallest absolute Gasteiger partial charge is 0.340 e. The van der Waals surface area contributed by atoms with Gasteiger partial charge in [-0.3, -0.25) is 4.79 Å². The van der Waals surface area contributed by atoms with Crippen molar-refractivity contribution >= 4 is 33.5 Å². The lowest BCUT2D eigenvalue weighted by atomic mass is 10.1. The molecule has 1 aromatic rings. The zero-order valence-corrected chi connectivity index (χ0v) is 14.8. The first-order valence-electron chi connectivity index (χ1n) is 7.53. The van der Waals surface area contributed by atoms with Gasteiger partial charge < -0.3 is 9.64 Å². The first-order chi connectivity index (χ1) is 11.3. The largest absolute Gasteiger partial charge is 0.452 e. The molecule has 0 radical (unpaired) electrons. The molecule has 0 atom stereocenters. The highest BCUT2D eigenvalue weighted by Crippen LogP contribution is 2.21. The summed E-state index contributed by atoms with van der Waals surface area (Å²) in [6.07, 6.45) is 2.97. The highest BCUT2D eigenvalue weighted by molar-refractivity contribution is 7.89. The average molecular weight is 375 g/mol. The van der Waals surface area contributed by atoms with Gasteiger partial charge in [-0.1, -0.05) is 11.6 Å². The van der Waals surface area contributed by atoms with Gasteiger partial charge in [0.05, 0.1) is 15.5 Å². The zero-order valence-electron chi connectivity index (χ0n) is 13.2. The number of piperidine rings is 1. The van der Waals surface area contributed by atoms with Gasteiger partial charge in [0, 0.05) is 13.1 Å². The van der Waals surface area contributed by atoms with Crippen molar-refractivity contribution < 1.29 is 22.7 Å². The molecule has 24 heavy (non-hydrogen) atoms. The minimum Gasteiger partial charge on any atom is -0.452 e. The number of ether oxygens (including phenoxy) is 1. The van der Waals surface area contributed by atoms with E-state index in [9.17, 15) is 18.0 Å². The van der Waals surface area contributed by atoms with Gasteiger partial charge in [-0.05, 0) is 44.5 Å². The number of benzene rings is 1. The fourth-order valence-corrected chi connectivity index (χ4v) is 3.34. The second kappa shape index (κ2) is 7.96. The molecule has 1 N–H and O–H groups in total. The second-order valence-electron chi connectivity index (χ2n) is 5.37. The van der Waals surface area contributed by atoms with Gasteiger partial charge in [0.25, 0.3) is 5.91 Å². The maximum absolute atomic E-state index is 12.1. The molecule has 0 saturated carbocycles. The Bertz CT molecular complexity index is 729. The molecular formula is C15H19ClN2O5S. The molecule has 0 unspecified atom stereocenters. The average Bonchev–Trinajstić information content (AvgIpc) is 2.60. The molecule has 1 fully saturated rings. The van der Waals surface area contributed by atoms with Crippen molar-refractivity contribution in [2.24, 2.45) is 0 Å². The van der Waals surface area contributed by atoms with Crippen LogP contribution in [0.1, 0.15) is 29.6 Å². The number of amides is 1. The summed E-state index contributed by atoms with van der Waals surface area (Å²) in [5.74, 6) is -1.10. The van der Waals surface area contributed by atoms with Crippen LogP contribution in [0.4, 0.5) is 0 Å². The van der Waals surface area contributed by atoms with Gasteiger partial charge in [0.2, 0.25) is 10.0 Å². The molecule has 0 bridgehead atoms. The molecule has 1 aromatic carbocycles. The summed E-state index contributed by atoms with van der Waals surface area (Å²) < 4.78 is 30.7. The Morgan fingerprint density at radius 1 is 1.25 bits per heavy atom. The molecule has 1 amide bonds. The van der Waals surface area contributed by atoms with Crippen LogP contribution in [-0.4, -0.2) is 51.9 Å². The summed E-state index contributed by atoms with van der Waals surface area (Å²) in [5, 5.41) is 0.0560. The van der Waals surface area contributed by atoms with Gasteiger partial charge in [0.1, 0.15) is 0 Å². The highest BCUT2D eigenvalue weighted by Gasteiger charge is 2.21. The number of carbonyl (C=O) groups is 2. The van der Waals surface area contributed by atoms with E-state index in [1.54, 1.807) is 4.90 Å². The maximum atomic E-state index is 12.1. The molecular weight excluding hydrogens is 356 g/mol. The van der Waals surface area contributed by atoms with Crippen molar-refractivity contribution in [1.29, 1.82) is 0 Å². The molecule has 2 rings (SSSR count). The molecule has 132 valence electrons. The second-order valence-corrected chi connectivity index (χ2v) is 7.66. The van der Waals surface area contributed by atoms with Crippen LogP contribution in [0.5, 0.6) is 0 Å². The van der Waals surface area contributed by atoms with Gasteiger partial charge in [-0.2, -0.15) is 0 Å². The van der Waals surface area contributed by atoms with E-state index >= 15 is 0 Å². The highest BCUT2D eigenvalue weighted by atomic mass is 35.5. The van der Waals surface area contributed by atoms with Crippen molar-refractivity contribution in [3.05, 3.63) is 28.8 Å². The molecule has 1 saturated heterocycles. The van der Waals surface area contributed by atoms with E-state index in [0.717, 1.165) is 25.3 Å². The lowest BCUT2D eigenvalue weighted by Gasteiger charge is -2.26. The van der Waals surface area contributed by atoms with Gasteiger partial charge in [-0.15, -0.1) is 0 Å². The monoisotopic (exact) mass is 374 g/mol. The zero-order chi connectivity index (χ0) is 17.7. The van der Waals surface area contributed by atoms with Crippen LogP contribution in [0.2, 0.25) is 5.02 Å². The summed E-state index contributed by atoms with van der Waals surface area (Å²) in [6.45, 7) is 0.929. The first-order valence-corrected chi connectivity index (χ1v) is 9.39. The third-order valence-electron chi connectivity index (χ3n) is 3.77. The van der Waals surface area contributed by atoms with Gasteiger partial charge in [-0.25, -0.2) is 17.9 Å². The van der Waals surface area contributed by atoms with Crippen LogP contribution in [0.3, 0.4) is 0 Å². The fourth-order valence-electron chi connectivity index (χ4n) is 2.39. The van der Waals surface area contributed by atoms with Crippen molar-refractivity contribution in [2.45, 2.75) is 24.2 Å². The number of hydrogen-bond donors (Lipinski definition) is 1. The standard InChI is InChI=1S/C15H19ClN2O5S/c1-17-24(21,22)11-5-6-13(16)12(9-11)15(20)23-10-14(19)18-7-3-2-4-8-18/h5-6,9,17H,2-4,7-8,10H2,1H3. The molecule has 0 spiro atoms. The quantitative estimate of drug-likeness (QED) is 0.787. The Balaban J connectivity index is 2.06. The number of carbonyl (C=O) groups excluding carboxylic acids is 2. The number of halogens is 1. The van der Waals surface area contributed by atoms with E-state index in [0.29, 0.717) is 13.1 Å². The van der Waals surface area contributed by atoms with Crippen LogP contribution in [0.25, 0.3) is 0 Å². The summed E-state index contributed by atoms with van der Waals surface area (Å²) >= 11 is 5.94. The Hall–Kier alpha value is -1.64. The third kappa shape index (κ3) is 4.46. The summed E-state index contributed by atoms with van der Waals surface area (Å²) in [7, 11) is -2.45. The Kier molecular flexibility index (Phi) is 6.20. The van der Waals surface area contributed by atoms with E-state index in [-0.39, 0.29) is 21.4 Å². The van der Waals surface area contributed by atoms with Crippen molar-refractivity contribution in [1.82, 2.24) is 9.62 Å². The van der Waals surface area contributed by atoms with Crippen molar-refractivity contribution in [3.63, 3.8) is 0 Å². The Morgan fingerprint density at radius 3 is 2.54 bits per heavy atom. The molecule has 9 heteroatoms. The number of hydrogen-bond acceptors (Lipinski definition) is 5. The summed E-state index contributed by atoms with van der Waals surface area (Å²) in [6, 6.07) is 3.71. The van der Waals surface area contributed by atoms with E-state index in [4.69, 9.17) is 16.3 Å². The Labute approximate surface area is 146 Å². The van der Waals surface area contributed by atoms with Crippen LogP contribution >= 0.6 is 11.6 Å². The van der Waals surface area contributed by atoms with Gasteiger partial charge >= 0.3 is 5.97 Å². The van der Waals surface area contributed by atoms with Crippen LogP contribution < -0.4 is 4.72 Å². The van der Waals surface area contributed by atoms with Crippen LogP contribution in [0, 0.1) is 0 Å². The predicted octanol–water partition coefficient (Wildman–Crippen LogP) is 1.42. The number of likely N-dealkylation sites (tertiary alicyclic amines) is 1. The Morgan fingerprint density at radius 2 is 1.92 bits per heavy atom. The summed E-state index contributed by atoms with van der Waals surface area (Å²) in [4.78, 5) is 25.7. The number of nitrogens with one attached hydrogen (secondary N) is 1. The minimum atomic E-state index is -3.71. The van der Waals surface area contributed by atoms with Crippen LogP contribution in [-0.2, 0) is 19.6 Å². The van der Waals surface area contributed by atoms with E-state index in [1.165, 1.54) is 19.2 Å². The number of esters is 1. The SMILES string of the molecule is CNS(=O)(=O)c1ccc(Cl)c(C(=O)OCC(=O)N2CCCCC2)c1. The molecule has 7 nitrogen and oxygen atoms in total. The lowest BCUT2D eigenvalue weighted by Crippen LogP contribution is -2.38. The maximum Gasteiger partial charge on any atom is 0.340 e. The van der Waals surface area contributed by atoms with Crippen LogP contribution in [0.15, 0.2) is 23.1 Å². The molecule has 0 aliphatic carbocycles. The molecule has 1 heterocycles. The third-order valence-corrected chi connectivity index (χ3v) is 5.51. The predicted molar refractivity (Wildman–Crippen MR) is 88.4 cm³/mol. The van der Waals surface area contributed by atoms with E-state index in [1.807, 2.05) is 0 Å². The van der Waals surface area contributed by atoms with Crippen molar-refractivity contribution in [3.8, 4) is 0 Å². The summed E-state index contributed by atoms with van der Waals surface area (Å²) in [5.41, 5.74) is -0.0977. The molecule has 1 aliphatic rings. The molecule has 1 aliphatic heterocycles. The topological polar surface area (TPSA) is 92.8 Å².